The normalized spacial score (nSPS) is 15.6. The molecule has 1 aliphatic heterocycles. The molecule has 34 heavy (non-hydrogen) atoms. The molecule has 3 aromatic carbocycles. The van der Waals surface area contributed by atoms with Crippen molar-refractivity contribution in [2.75, 3.05) is 38.0 Å². The first-order valence-electron chi connectivity index (χ1n) is 11.1. The van der Waals surface area contributed by atoms with Gasteiger partial charge in [0.25, 0.3) is 0 Å². The van der Waals surface area contributed by atoms with E-state index >= 15 is 0 Å². The summed E-state index contributed by atoms with van der Waals surface area (Å²) in [6.07, 6.45) is 0. The van der Waals surface area contributed by atoms with E-state index in [1.165, 1.54) is 12.1 Å². The monoisotopic (exact) mass is 514 g/mol. The number of hydrogen-bond donors (Lipinski definition) is 2. The van der Waals surface area contributed by atoms with Crippen LogP contribution in [0.25, 0.3) is 0 Å². The summed E-state index contributed by atoms with van der Waals surface area (Å²) >= 11 is 11.5. The quantitative estimate of drug-likeness (QED) is 0.456. The van der Waals surface area contributed by atoms with Gasteiger partial charge in [0.2, 0.25) is 10.0 Å². The van der Waals surface area contributed by atoms with E-state index in [1.807, 2.05) is 60.7 Å². The molecule has 1 unspecified atom stereocenters. The van der Waals surface area contributed by atoms with Crippen molar-refractivity contribution >= 4 is 44.6 Å². The zero-order valence-electron chi connectivity index (χ0n) is 18.6. The molecule has 2 N–H and O–H groups in total. The Morgan fingerprint density at radius 1 is 0.882 bits per heavy atom. The van der Waals surface area contributed by atoms with E-state index in [0.29, 0.717) is 10.1 Å². The standard InChI is InChI=1S/C25H27ClN4O2S2/c26-21-11-13-23(14-12-21)34(31,32)27-19-24(20-7-3-1-4-8-20)29-15-17-30(18-16-29)25(33)28-22-9-5-2-6-10-22/h1-14,24,27H,15-19H2,(H,28,33). The van der Waals surface area contributed by atoms with Crippen LogP contribution in [0.4, 0.5) is 5.69 Å². The van der Waals surface area contributed by atoms with Gasteiger partial charge in [0.1, 0.15) is 0 Å². The van der Waals surface area contributed by atoms with Gasteiger partial charge in [-0.05, 0) is 54.2 Å². The Labute approximate surface area is 211 Å². The van der Waals surface area contributed by atoms with Crippen LogP contribution in [0, 0.1) is 0 Å². The van der Waals surface area contributed by atoms with Crippen LogP contribution in [0.15, 0.2) is 89.8 Å². The van der Waals surface area contributed by atoms with Crippen LogP contribution in [0.1, 0.15) is 11.6 Å². The third-order valence-corrected chi connectivity index (χ3v) is 7.89. The number of hydrogen-bond acceptors (Lipinski definition) is 4. The minimum atomic E-state index is -3.65. The Morgan fingerprint density at radius 2 is 1.47 bits per heavy atom. The number of nitrogens with one attached hydrogen (secondary N) is 2. The average molecular weight is 515 g/mol. The number of rotatable bonds is 7. The van der Waals surface area contributed by atoms with Gasteiger partial charge in [-0.15, -0.1) is 0 Å². The second kappa shape index (κ2) is 11.3. The number of anilines is 1. The number of para-hydroxylation sites is 1. The highest BCUT2D eigenvalue weighted by atomic mass is 35.5. The lowest BCUT2D eigenvalue weighted by Crippen LogP contribution is -2.52. The fraction of sp³-hybridized carbons (Fsp3) is 0.240. The second-order valence-corrected chi connectivity index (χ2v) is 10.6. The summed E-state index contributed by atoms with van der Waals surface area (Å²) in [6.45, 7) is 3.30. The van der Waals surface area contributed by atoms with E-state index in [9.17, 15) is 8.42 Å². The molecular formula is C25H27ClN4O2S2. The van der Waals surface area contributed by atoms with Gasteiger partial charge in [-0.1, -0.05) is 60.1 Å². The predicted molar refractivity (Wildman–Crippen MR) is 142 cm³/mol. The molecule has 0 spiro atoms. The molecule has 3 aromatic rings. The summed E-state index contributed by atoms with van der Waals surface area (Å²) in [5.41, 5.74) is 2.04. The molecular weight excluding hydrogens is 488 g/mol. The molecule has 6 nitrogen and oxygen atoms in total. The zero-order valence-corrected chi connectivity index (χ0v) is 21.0. The van der Waals surface area contributed by atoms with Crippen molar-refractivity contribution in [3.63, 3.8) is 0 Å². The number of benzene rings is 3. The molecule has 178 valence electrons. The largest absolute Gasteiger partial charge is 0.346 e. The molecule has 0 bridgehead atoms. The molecule has 1 saturated heterocycles. The molecule has 0 aliphatic carbocycles. The van der Waals surface area contributed by atoms with Gasteiger partial charge in [0.05, 0.1) is 4.90 Å². The average Bonchev–Trinajstić information content (AvgIpc) is 2.86. The lowest BCUT2D eigenvalue weighted by Gasteiger charge is -2.40. The molecule has 4 rings (SSSR count). The van der Waals surface area contributed by atoms with Gasteiger partial charge >= 0.3 is 0 Å². The number of nitrogens with zero attached hydrogens (tertiary/aromatic N) is 2. The van der Waals surface area contributed by atoms with Crippen LogP contribution in [-0.4, -0.2) is 56.1 Å². The van der Waals surface area contributed by atoms with E-state index in [0.717, 1.165) is 37.4 Å². The number of halogens is 1. The number of piperazine rings is 1. The van der Waals surface area contributed by atoms with Gasteiger partial charge in [-0.3, -0.25) is 4.90 Å². The van der Waals surface area contributed by atoms with E-state index in [-0.39, 0.29) is 17.5 Å². The van der Waals surface area contributed by atoms with Gasteiger partial charge in [0.15, 0.2) is 5.11 Å². The summed E-state index contributed by atoms with van der Waals surface area (Å²) in [7, 11) is -3.65. The minimum absolute atomic E-state index is 0.0962. The fourth-order valence-electron chi connectivity index (χ4n) is 3.98. The highest BCUT2D eigenvalue weighted by Crippen LogP contribution is 2.23. The van der Waals surface area contributed by atoms with E-state index < -0.39 is 10.0 Å². The number of thiocarbonyl (C=S) groups is 1. The van der Waals surface area contributed by atoms with Crippen molar-refractivity contribution in [1.29, 1.82) is 0 Å². The number of sulfonamides is 1. The Morgan fingerprint density at radius 3 is 2.09 bits per heavy atom. The van der Waals surface area contributed by atoms with E-state index in [4.69, 9.17) is 23.8 Å². The van der Waals surface area contributed by atoms with Crippen LogP contribution in [0.5, 0.6) is 0 Å². The maximum Gasteiger partial charge on any atom is 0.240 e. The maximum atomic E-state index is 12.9. The van der Waals surface area contributed by atoms with Crippen molar-refractivity contribution in [1.82, 2.24) is 14.5 Å². The third kappa shape index (κ3) is 6.34. The van der Waals surface area contributed by atoms with Crippen molar-refractivity contribution in [3.8, 4) is 0 Å². The second-order valence-electron chi connectivity index (χ2n) is 8.05. The molecule has 0 amide bonds. The predicted octanol–water partition coefficient (Wildman–Crippen LogP) is 4.37. The molecule has 1 aliphatic rings. The topological polar surface area (TPSA) is 64.7 Å². The molecule has 1 heterocycles. The highest BCUT2D eigenvalue weighted by Gasteiger charge is 2.27. The van der Waals surface area contributed by atoms with Gasteiger partial charge in [-0.2, -0.15) is 0 Å². The SMILES string of the molecule is O=S(=O)(NCC(c1ccccc1)N1CCN(C(=S)Nc2ccccc2)CC1)c1ccc(Cl)cc1. The Kier molecular flexibility index (Phi) is 8.18. The lowest BCUT2D eigenvalue weighted by molar-refractivity contribution is 0.134. The first kappa shape index (κ1) is 24.6. The van der Waals surface area contributed by atoms with Gasteiger partial charge in [0, 0.05) is 49.5 Å². The summed E-state index contributed by atoms with van der Waals surface area (Å²) in [5.74, 6) is 0. The van der Waals surface area contributed by atoms with E-state index in [1.54, 1.807) is 12.1 Å². The van der Waals surface area contributed by atoms with Crippen molar-refractivity contribution in [2.24, 2.45) is 0 Å². The van der Waals surface area contributed by atoms with Crippen LogP contribution in [0.3, 0.4) is 0 Å². The molecule has 9 heteroatoms. The molecule has 1 atom stereocenters. The first-order valence-corrected chi connectivity index (χ1v) is 13.3. The maximum absolute atomic E-state index is 12.9. The lowest BCUT2D eigenvalue weighted by atomic mass is 10.0. The Hall–Kier alpha value is -2.49. The first-order chi connectivity index (χ1) is 16.4. The summed E-state index contributed by atoms with van der Waals surface area (Å²) in [4.78, 5) is 4.66. The molecule has 0 saturated carbocycles. The minimum Gasteiger partial charge on any atom is -0.346 e. The summed E-state index contributed by atoms with van der Waals surface area (Å²) < 4.78 is 28.5. The van der Waals surface area contributed by atoms with E-state index in [2.05, 4.69) is 19.8 Å². The zero-order chi connectivity index (χ0) is 24.0. The van der Waals surface area contributed by atoms with Crippen molar-refractivity contribution in [3.05, 3.63) is 95.5 Å². The van der Waals surface area contributed by atoms with Crippen LogP contribution >= 0.6 is 23.8 Å². The van der Waals surface area contributed by atoms with Crippen molar-refractivity contribution < 1.29 is 8.42 Å². The van der Waals surface area contributed by atoms with Crippen LogP contribution in [-0.2, 0) is 10.0 Å². The van der Waals surface area contributed by atoms with Gasteiger partial charge < -0.3 is 10.2 Å². The molecule has 0 radical (unpaired) electrons. The smallest absolute Gasteiger partial charge is 0.240 e. The van der Waals surface area contributed by atoms with Crippen LogP contribution in [0.2, 0.25) is 5.02 Å². The summed E-state index contributed by atoms with van der Waals surface area (Å²) in [6, 6.07) is 26.0. The Balaban J connectivity index is 1.42. The third-order valence-electron chi connectivity index (χ3n) is 5.84. The fourth-order valence-corrected chi connectivity index (χ4v) is 5.44. The van der Waals surface area contributed by atoms with Crippen molar-refractivity contribution in [2.45, 2.75) is 10.9 Å². The Bertz CT molecular complexity index is 1180. The highest BCUT2D eigenvalue weighted by molar-refractivity contribution is 7.89. The molecule has 0 aromatic heterocycles. The summed E-state index contributed by atoms with van der Waals surface area (Å²) in [5, 5.41) is 4.49. The van der Waals surface area contributed by atoms with Gasteiger partial charge in [-0.25, -0.2) is 13.1 Å². The van der Waals surface area contributed by atoms with Crippen LogP contribution < -0.4 is 10.0 Å². The molecule has 1 fully saturated rings.